The summed E-state index contributed by atoms with van der Waals surface area (Å²) in [4.78, 5) is 8.17. The number of aromatic nitrogens is 2. The molecule has 5 nitrogen and oxygen atoms in total. The largest absolute Gasteiger partial charge is 0.368 e. The zero-order valence-electron chi connectivity index (χ0n) is 11.9. The van der Waals surface area contributed by atoms with Crippen molar-refractivity contribution in [3.8, 4) is 22.3 Å². The van der Waals surface area contributed by atoms with Crippen LogP contribution >= 0.6 is 0 Å². The Balaban J connectivity index is 2.07. The van der Waals surface area contributed by atoms with E-state index in [0.29, 0.717) is 27.1 Å². The van der Waals surface area contributed by atoms with E-state index in [4.69, 9.17) is 10.9 Å². The third-order valence-corrected chi connectivity index (χ3v) is 4.16. The van der Waals surface area contributed by atoms with Crippen molar-refractivity contribution in [2.45, 2.75) is 4.90 Å². The maximum Gasteiger partial charge on any atom is 0.219 e. The number of rotatable bonds is 3. The van der Waals surface area contributed by atoms with Crippen LogP contribution in [0.25, 0.3) is 22.3 Å². The highest BCUT2D eigenvalue weighted by atomic mass is 32.2. The highest BCUT2D eigenvalue weighted by Gasteiger charge is 2.12. The quantitative estimate of drug-likeness (QED) is 0.772. The lowest BCUT2D eigenvalue weighted by Crippen LogP contribution is -2.04. The number of hydrogen-bond donors (Lipinski definition) is 2. The Kier molecular flexibility index (Phi) is 4.14. The van der Waals surface area contributed by atoms with Gasteiger partial charge in [0.2, 0.25) is 5.95 Å². The third-order valence-electron chi connectivity index (χ3n) is 3.37. The van der Waals surface area contributed by atoms with E-state index >= 15 is 0 Å². The van der Waals surface area contributed by atoms with E-state index < -0.39 is 16.8 Å². The van der Waals surface area contributed by atoms with Gasteiger partial charge in [-0.2, -0.15) is 0 Å². The third kappa shape index (κ3) is 3.10. The second kappa shape index (κ2) is 6.23. The normalized spacial score (nSPS) is 12.1. The summed E-state index contributed by atoms with van der Waals surface area (Å²) >= 11 is 0. The van der Waals surface area contributed by atoms with E-state index in [0.717, 1.165) is 0 Å². The Bertz CT molecular complexity index is 884. The van der Waals surface area contributed by atoms with E-state index in [1.54, 1.807) is 36.4 Å². The fourth-order valence-electron chi connectivity index (χ4n) is 2.27. The molecule has 1 heterocycles. The van der Waals surface area contributed by atoms with Gasteiger partial charge >= 0.3 is 0 Å². The summed E-state index contributed by atoms with van der Waals surface area (Å²) in [6.07, 6.45) is 2.92. The monoisotopic (exact) mass is 328 g/mol. The van der Waals surface area contributed by atoms with Gasteiger partial charge in [0.15, 0.2) is 0 Å². The molecule has 0 fully saturated rings. The molecule has 0 amide bonds. The van der Waals surface area contributed by atoms with Crippen LogP contribution in [0, 0.1) is 5.82 Å². The lowest BCUT2D eigenvalue weighted by molar-refractivity contribution is 0.631. The maximum atomic E-state index is 14.5. The zero-order chi connectivity index (χ0) is 16.4. The number of nitrogens with zero attached hydrogens (tertiary/aromatic N) is 2. The molecule has 0 aliphatic heterocycles. The van der Waals surface area contributed by atoms with Gasteiger partial charge < -0.3 is 5.73 Å². The molecule has 4 N–H and O–H groups in total. The summed E-state index contributed by atoms with van der Waals surface area (Å²) in [7, 11) is -1.65. The molecule has 0 aliphatic carbocycles. The molecule has 1 atom stereocenters. The molecule has 0 saturated carbocycles. The molecule has 3 aromatic rings. The lowest BCUT2D eigenvalue weighted by Gasteiger charge is -2.09. The highest BCUT2D eigenvalue weighted by molar-refractivity contribution is 7.82. The highest BCUT2D eigenvalue weighted by Crippen LogP contribution is 2.30. The van der Waals surface area contributed by atoms with Crippen molar-refractivity contribution in [1.82, 2.24) is 9.97 Å². The molecule has 0 saturated heterocycles. The molecule has 23 heavy (non-hydrogen) atoms. The summed E-state index contributed by atoms with van der Waals surface area (Å²) in [5, 5.41) is 5.48. The van der Waals surface area contributed by atoms with Gasteiger partial charge in [-0.3, -0.25) is 0 Å². The molecule has 1 unspecified atom stereocenters. The topological polar surface area (TPSA) is 94.9 Å². The molecule has 1 aromatic heterocycles. The van der Waals surface area contributed by atoms with Gasteiger partial charge in [0.25, 0.3) is 0 Å². The second-order valence-corrected chi connectivity index (χ2v) is 5.85. The van der Waals surface area contributed by atoms with Crippen LogP contribution in [-0.2, 0) is 11.0 Å². The van der Waals surface area contributed by atoms with Gasteiger partial charge in [-0.1, -0.05) is 30.3 Å². The van der Waals surface area contributed by atoms with E-state index in [1.807, 2.05) is 0 Å². The van der Waals surface area contributed by atoms with Crippen molar-refractivity contribution in [1.29, 1.82) is 0 Å². The number of anilines is 1. The summed E-state index contributed by atoms with van der Waals surface area (Å²) in [6.45, 7) is 0. The summed E-state index contributed by atoms with van der Waals surface area (Å²) in [5.74, 6) is -0.307. The lowest BCUT2D eigenvalue weighted by atomic mass is 10.0. The fraction of sp³-hybridized carbons (Fsp3) is 0. The van der Waals surface area contributed by atoms with Crippen molar-refractivity contribution >= 4 is 16.9 Å². The van der Waals surface area contributed by atoms with Gasteiger partial charge in [0.05, 0.1) is 4.90 Å². The molecule has 0 bridgehead atoms. The number of benzene rings is 2. The molecular weight excluding hydrogens is 315 g/mol. The van der Waals surface area contributed by atoms with Crippen LogP contribution in [0.2, 0.25) is 0 Å². The Morgan fingerprint density at radius 3 is 2.30 bits per heavy atom. The number of halogens is 1. The number of hydrogen-bond acceptors (Lipinski definition) is 4. The molecule has 116 valence electrons. The first-order valence-electron chi connectivity index (χ1n) is 6.69. The summed E-state index contributed by atoms with van der Waals surface area (Å²) in [5.41, 5.74) is 7.55. The first-order chi connectivity index (χ1) is 11.1. The maximum absolute atomic E-state index is 14.5. The number of nitrogen functional groups attached to an aromatic ring is 1. The van der Waals surface area contributed by atoms with Gasteiger partial charge in [0.1, 0.15) is 16.8 Å². The summed E-state index contributed by atoms with van der Waals surface area (Å²) < 4.78 is 26.1. The smallest absolute Gasteiger partial charge is 0.219 e. The Morgan fingerprint density at radius 2 is 1.65 bits per heavy atom. The fourth-order valence-corrected chi connectivity index (χ4v) is 2.89. The van der Waals surface area contributed by atoms with Crippen LogP contribution in [0.3, 0.4) is 0 Å². The van der Waals surface area contributed by atoms with Gasteiger partial charge in [0, 0.05) is 23.5 Å². The average Bonchev–Trinajstić information content (AvgIpc) is 2.56. The molecule has 3 rings (SSSR count). The van der Waals surface area contributed by atoms with Crippen molar-refractivity contribution in [3.63, 3.8) is 0 Å². The van der Waals surface area contributed by atoms with Gasteiger partial charge in [-0.25, -0.2) is 23.7 Å². The van der Waals surface area contributed by atoms with E-state index in [9.17, 15) is 8.60 Å². The van der Waals surface area contributed by atoms with Gasteiger partial charge in [-0.05, 0) is 23.3 Å². The van der Waals surface area contributed by atoms with Crippen LogP contribution in [0.15, 0.2) is 59.8 Å². The van der Waals surface area contributed by atoms with Crippen LogP contribution in [0.5, 0.6) is 0 Å². The van der Waals surface area contributed by atoms with E-state index in [2.05, 4.69) is 9.97 Å². The molecule has 7 heteroatoms. The first-order valence-corrected chi connectivity index (χ1v) is 7.90. The van der Waals surface area contributed by atoms with Crippen LogP contribution < -0.4 is 10.9 Å². The van der Waals surface area contributed by atoms with Gasteiger partial charge in [-0.15, -0.1) is 0 Å². The molecule has 0 spiro atoms. The Labute approximate surface area is 134 Å². The van der Waals surface area contributed by atoms with E-state index in [-0.39, 0.29) is 5.95 Å². The predicted octanol–water partition coefficient (Wildman–Crippen LogP) is 2.51. The molecule has 0 radical (unpaired) electrons. The standard InChI is InChI=1S/C16H13FN4OS/c17-14-7-10(13-3-1-2-4-15(13)23(19)22)5-6-12(14)11-8-20-16(18)21-9-11/h1-9H,19H2,(H2,18,20,21). The molecular formula is C16H13FN4OS. The zero-order valence-corrected chi connectivity index (χ0v) is 12.8. The van der Waals surface area contributed by atoms with Crippen molar-refractivity contribution in [2.75, 3.05) is 5.73 Å². The average molecular weight is 328 g/mol. The minimum Gasteiger partial charge on any atom is -0.368 e. The minimum absolute atomic E-state index is 0.130. The summed E-state index contributed by atoms with van der Waals surface area (Å²) in [6, 6.07) is 11.7. The predicted molar refractivity (Wildman–Crippen MR) is 87.9 cm³/mol. The Morgan fingerprint density at radius 1 is 0.957 bits per heavy atom. The van der Waals surface area contributed by atoms with Crippen LogP contribution in [0.4, 0.5) is 10.3 Å². The van der Waals surface area contributed by atoms with Crippen LogP contribution in [0.1, 0.15) is 0 Å². The molecule has 0 aliphatic rings. The van der Waals surface area contributed by atoms with E-state index in [1.165, 1.54) is 18.5 Å². The SMILES string of the molecule is Nc1ncc(-c2ccc(-c3ccccc3S(N)=O)cc2F)cn1. The van der Waals surface area contributed by atoms with Crippen molar-refractivity contribution in [2.24, 2.45) is 5.14 Å². The van der Waals surface area contributed by atoms with Crippen molar-refractivity contribution in [3.05, 3.63) is 60.7 Å². The Hall–Kier alpha value is -2.64. The first kappa shape index (κ1) is 15.3. The second-order valence-electron chi connectivity index (χ2n) is 4.82. The molecule has 2 aromatic carbocycles. The number of nitrogens with two attached hydrogens (primary N) is 2. The minimum atomic E-state index is -1.65. The van der Waals surface area contributed by atoms with Crippen molar-refractivity contribution < 1.29 is 8.60 Å². The van der Waals surface area contributed by atoms with Crippen LogP contribution in [-0.4, -0.2) is 14.2 Å².